The number of β-amino-alcohol motifs (C(OH)–C–C–N with tert-alkyl or cyclic N) is 1. The molecule has 2 unspecified atom stereocenters. The molecule has 21 heavy (non-hydrogen) atoms. The van der Waals surface area contributed by atoms with Crippen LogP contribution in [0.25, 0.3) is 0 Å². The van der Waals surface area contributed by atoms with E-state index in [1.807, 2.05) is 24.3 Å². The molecule has 2 saturated heterocycles. The molecular formula is C17H26N2O2. The lowest BCUT2D eigenvalue weighted by Gasteiger charge is -2.25. The van der Waals surface area contributed by atoms with E-state index >= 15 is 0 Å². The molecule has 0 aromatic heterocycles. The van der Waals surface area contributed by atoms with Crippen LogP contribution in [0.5, 0.6) is 5.75 Å². The third kappa shape index (κ3) is 3.39. The molecule has 0 amide bonds. The second kappa shape index (κ2) is 6.77. The Balaban J connectivity index is 1.57. The monoisotopic (exact) mass is 290 g/mol. The topological polar surface area (TPSA) is 35.9 Å². The Labute approximate surface area is 127 Å². The van der Waals surface area contributed by atoms with Crippen molar-refractivity contribution in [2.75, 3.05) is 39.8 Å². The molecule has 2 aliphatic rings. The highest BCUT2D eigenvalue weighted by molar-refractivity contribution is 5.35. The standard InChI is InChI=1S/C17H26N2O2/c1-21-17-7-3-2-6-15(17)16(20)13-18-11-8-14(12-18)19-9-4-5-10-19/h2-3,6-7,14,16,20H,4-5,8-13H2,1H3. The van der Waals surface area contributed by atoms with Gasteiger partial charge in [-0.05, 0) is 45.0 Å². The fraction of sp³-hybridized carbons (Fsp3) is 0.647. The van der Waals surface area contributed by atoms with Crippen LogP contribution in [0.15, 0.2) is 24.3 Å². The number of hydrogen-bond acceptors (Lipinski definition) is 4. The summed E-state index contributed by atoms with van der Waals surface area (Å²) in [6.45, 7) is 5.39. The van der Waals surface area contributed by atoms with Crippen LogP contribution in [-0.2, 0) is 0 Å². The van der Waals surface area contributed by atoms with Gasteiger partial charge < -0.3 is 9.84 Å². The number of nitrogens with zero attached hydrogens (tertiary/aromatic N) is 2. The van der Waals surface area contributed by atoms with Crippen LogP contribution < -0.4 is 4.74 Å². The fourth-order valence-electron chi connectivity index (χ4n) is 3.67. The minimum Gasteiger partial charge on any atom is -0.496 e. The lowest BCUT2D eigenvalue weighted by molar-refractivity contribution is 0.118. The minimum absolute atomic E-state index is 0.474. The first kappa shape index (κ1) is 14.8. The van der Waals surface area contributed by atoms with Crippen LogP contribution in [0, 0.1) is 0 Å². The maximum absolute atomic E-state index is 10.5. The predicted molar refractivity (Wildman–Crippen MR) is 83.6 cm³/mol. The van der Waals surface area contributed by atoms with E-state index < -0.39 is 6.10 Å². The first-order valence-electron chi connectivity index (χ1n) is 8.05. The van der Waals surface area contributed by atoms with Gasteiger partial charge in [-0.2, -0.15) is 0 Å². The van der Waals surface area contributed by atoms with Gasteiger partial charge in [0.1, 0.15) is 5.75 Å². The van der Waals surface area contributed by atoms with E-state index in [0.29, 0.717) is 12.6 Å². The van der Waals surface area contributed by atoms with E-state index in [0.717, 1.165) is 24.4 Å². The normalized spacial score (nSPS) is 25.3. The third-order valence-corrected chi connectivity index (χ3v) is 4.83. The van der Waals surface area contributed by atoms with Crippen molar-refractivity contribution in [2.45, 2.75) is 31.4 Å². The van der Waals surface area contributed by atoms with Gasteiger partial charge in [0.15, 0.2) is 0 Å². The van der Waals surface area contributed by atoms with Crippen molar-refractivity contribution in [3.63, 3.8) is 0 Å². The first-order valence-corrected chi connectivity index (χ1v) is 8.05. The molecule has 1 N–H and O–H groups in total. The number of likely N-dealkylation sites (tertiary alicyclic amines) is 2. The predicted octanol–water partition coefficient (Wildman–Crippen LogP) is 1.90. The maximum atomic E-state index is 10.5. The maximum Gasteiger partial charge on any atom is 0.124 e. The molecule has 4 nitrogen and oxygen atoms in total. The molecule has 2 atom stereocenters. The molecule has 0 aliphatic carbocycles. The van der Waals surface area contributed by atoms with Gasteiger partial charge in [0, 0.05) is 24.7 Å². The van der Waals surface area contributed by atoms with Crippen LogP contribution in [0.4, 0.5) is 0 Å². The van der Waals surface area contributed by atoms with Gasteiger partial charge in [0.2, 0.25) is 0 Å². The average Bonchev–Trinajstić information content (AvgIpc) is 3.17. The minimum atomic E-state index is -0.474. The zero-order chi connectivity index (χ0) is 14.7. The largest absolute Gasteiger partial charge is 0.496 e. The summed E-state index contributed by atoms with van der Waals surface area (Å²) in [5.74, 6) is 0.778. The van der Waals surface area contributed by atoms with Gasteiger partial charge in [0.05, 0.1) is 13.2 Å². The molecule has 2 heterocycles. The number of ether oxygens (including phenoxy) is 1. The van der Waals surface area contributed by atoms with Crippen molar-refractivity contribution in [3.8, 4) is 5.75 Å². The van der Waals surface area contributed by atoms with Crippen LogP contribution in [0.3, 0.4) is 0 Å². The van der Waals surface area contributed by atoms with Gasteiger partial charge in [-0.1, -0.05) is 18.2 Å². The lowest BCUT2D eigenvalue weighted by atomic mass is 10.1. The Morgan fingerprint density at radius 1 is 1.24 bits per heavy atom. The Morgan fingerprint density at radius 2 is 2.00 bits per heavy atom. The molecular weight excluding hydrogens is 264 g/mol. The van der Waals surface area contributed by atoms with Crippen molar-refractivity contribution >= 4 is 0 Å². The first-order chi connectivity index (χ1) is 10.3. The fourth-order valence-corrected chi connectivity index (χ4v) is 3.67. The summed E-state index contributed by atoms with van der Waals surface area (Å²) in [5.41, 5.74) is 0.893. The molecule has 2 aliphatic heterocycles. The van der Waals surface area contributed by atoms with Crippen molar-refractivity contribution in [1.29, 1.82) is 0 Å². The molecule has 0 bridgehead atoms. The number of benzene rings is 1. The van der Waals surface area contributed by atoms with Crippen LogP contribution in [-0.4, -0.2) is 60.8 Å². The van der Waals surface area contributed by atoms with Gasteiger partial charge in [-0.25, -0.2) is 0 Å². The van der Waals surface area contributed by atoms with E-state index in [1.165, 1.54) is 32.4 Å². The van der Waals surface area contributed by atoms with Gasteiger partial charge in [-0.3, -0.25) is 9.80 Å². The van der Waals surface area contributed by atoms with E-state index in [2.05, 4.69) is 9.80 Å². The van der Waals surface area contributed by atoms with E-state index in [9.17, 15) is 5.11 Å². The summed E-state index contributed by atoms with van der Waals surface area (Å²) in [5, 5.41) is 10.5. The summed E-state index contributed by atoms with van der Waals surface area (Å²) in [7, 11) is 1.66. The number of rotatable bonds is 5. The summed E-state index contributed by atoms with van der Waals surface area (Å²) in [4.78, 5) is 5.01. The number of hydrogen-bond donors (Lipinski definition) is 1. The average molecular weight is 290 g/mol. The number of para-hydroxylation sites is 1. The zero-order valence-electron chi connectivity index (χ0n) is 12.9. The van der Waals surface area contributed by atoms with Crippen molar-refractivity contribution < 1.29 is 9.84 Å². The van der Waals surface area contributed by atoms with E-state index in [-0.39, 0.29) is 0 Å². The summed E-state index contributed by atoms with van der Waals surface area (Å²) >= 11 is 0. The molecule has 4 heteroatoms. The molecule has 116 valence electrons. The highest BCUT2D eigenvalue weighted by Crippen LogP contribution is 2.27. The van der Waals surface area contributed by atoms with Gasteiger partial charge in [0.25, 0.3) is 0 Å². The lowest BCUT2D eigenvalue weighted by Crippen LogP contribution is -2.36. The van der Waals surface area contributed by atoms with Crippen molar-refractivity contribution in [1.82, 2.24) is 9.80 Å². The second-order valence-corrected chi connectivity index (χ2v) is 6.20. The highest BCUT2D eigenvalue weighted by atomic mass is 16.5. The van der Waals surface area contributed by atoms with Gasteiger partial charge in [-0.15, -0.1) is 0 Å². The summed E-state index contributed by atoms with van der Waals surface area (Å²) < 4.78 is 5.35. The smallest absolute Gasteiger partial charge is 0.124 e. The van der Waals surface area contributed by atoms with Crippen molar-refractivity contribution in [2.24, 2.45) is 0 Å². The van der Waals surface area contributed by atoms with Gasteiger partial charge >= 0.3 is 0 Å². The Morgan fingerprint density at radius 3 is 2.76 bits per heavy atom. The summed E-state index contributed by atoms with van der Waals surface area (Å²) in [6, 6.07) is 8.46. The molecule has 0 radical (unpaired) electrons. The number of aliphatic hydroxyl groups excluding tert-OH is 1. The third-order valence-electron chi connectivity index (χ3n) is 4.83. The molecule has 1 aromatic rings. The molecule has 3 rings (SSSR count). The molecule has 0 spiro atoms. The highest BCUT2D eigenvalue weighted by Gasteiger charge is 2.30. The summed E-state index contributed by atoms with van der Waals surface area (Å²) in [6.07, 6.45) is 3.46. The van der Waals surface area contributed by atoms with Crippen LogP contribution >= 0.6 is 0 Å². The number of methoxy groups -OCH3 is 1. The quantitative estimate of drug-likeness (QED) is 0.898. The molecule has 2 fully saturated rings. The number of aliphatic hydroxyl groups is 1. The van der Waals surface area contributed by atoms with Crippen LogP contribution in [0.2, 0.25) is 0 Å². The molecule has 1 aromatic carbocycles. The molecule has 0 saturated carbocycles. The second-order valence-electron chi connectivity index (χ2n) is 6.20. The van der Waals surface area contributed by atoms with E-state index in [4.69, 9.17) is 4.74 Å². The Bertz CT molecular complexity index is 460. The van der Waals surface area contributed by atoms with Crippen LogP contribution in [0.1, 0.15) is 30.9 Å². The van der Waals surface area contributed by atoms with Crippen molar-refractivity contribution in [3.05, 3.63) is 29.8 Å². The van der Waals surface area contributed by atoms with E-state index in [1.54, 1.807) is 7.11 Å². The Hall–Kier alpha value is -1.10. The zero-order valence-corrected chi connectivity index (χ0v) is 12.9. The SMILES string of the molecule is COc1ccccc1C(O)CN1CCC(N2CCCC2)C1. The Kier molecular flexibility index (Phi) is 4.78.